The maximum atomic E-state index is 12.1. The van der Waals surface area contributed by atoms with Crippen molar-refractivity contribution in [3.63, 3.8) is 0 Å². The molecule has 24 heavy (non-hydrogen) atoms. The van der Waals surface area contributed by atoms with Gasteiger partial charge < -0.3 is 30.7 Å². The first-order valence-electron chi connectivity index (χ1n) is 7.89. The molecule has 0 amide bonds. The van der Waals surface area contributed by atoms with Gasteiger partial charge in [-0.15, -0.1) is 0 Å². The van der Waals surface area contributed by atoms with Gasteiger partial charge in [-0.05, 0) is 26.4 Å². The minimum Gasteiger partial charge on any atom is -0.394 e. The van der Waals surface area contributed by atoms with Gasteiger partial charge >= 0.3 is 5.69 Å². The minimum atomic E-state index is -1.34. The van der Waals surface area contributed by atoms with E-state index >= 15 is 0 Å². The van der Waals surface area contributed by atoms with E-state index in [0.717, 1.165) is 11.1 Å². The Morgan fingerprint density at radius 1 is 1.42 bits per heavy atom. The van der Waals surface area contributed by atoms with Gasteiger partial charge in [-0.2, -0.15) is 4.98 Å². The monoisotopic (exact) mass is 342 g/mol. The highest BCUT2D eigenvalue weighted by Gasteiger charge is 2.43. The lowest BCUT2D eigenvalue weighted by Gasteiger charge is -2.21. The number of hydrogen-bond donors (Lipinski definition) is 4. The predicted octanol–water partition coefficient (Wildman–Crippen LogP) is -1.82. The van der Waals surface area contributed by atoms with Gasteiger partial charge in [-0.1, -0.05) is 6.92 Å². The average Bonchev–Trinajstić information content (AvgIpc) is 2.77. The summed E-state index contributed by atoms with van der Waals surface area (Å²) in [6.45, 7) is 2.44. The average molecular weight is 342 g/mol. The third-order valence-corrected chi connectivity index (χ3v) is 4.10. The molecule has 1 fully saturated rings. The van der Waals surface area contributed by atoms with Crippen LogP contribution in [0, 0.1) is 5.92 Å². The fourth-order valence-electron chi connectivity index (χ4n) is 3.03. The number of anilines is 1. The molecule has 5 atom stereocenters. The Labute approximate surface area is 140 Å². The summed E-state index contributed by atoms with van der Waals surface area (Å²) in [7, 11) is 3.94. The topological polar surface area (TPSA) is 134 Å². The third kappa shape index (κ3) is 3.93. The van der Waals surface area contributed by atoms with E-state index in [1.807, 2.05) is 14.1 Å². The van der Waals surface area contributed by atoms with Gasteiger partial charge in [0.2, 0.25) is 0 Å². The lowest BCUT2D eigenvalue weighted by Crippen LogP contribution is -2.36. The van der Waals surface area contributed by atoms with Crippen LogP contribution in [-0.4, -0.2) is 75.3 Å². The largest absolute Gasteiger partial charge is 0.394 e. The Morgan fingerprint density at radius 3 is 2.62 bits per heavy atom. The second kappa shape index (κ2) is 7.58. The molecule has 1 unspecified atom stereocenters. The van der Waals surface area contributed by atoms with E-state index in [4.69, 9.17) is 15.6 Å². The fraction of sp³-hybridized carbons (Fsp3) is 0.733. The van der Waals surface area contributed by atoms with Gasteiger partial charge in [-0.25, -0.2) is 4.79 Å². The second-order valence-corrected chi connectivity index (χ2v) is 6.64. The van der Waals surface area contributed by atoms with Crippen LogP contribution in [0.15, 0.2) is 11.0 Å². The zero-order valence-corrected chi connectivity index (χ0v) is 14.2. The molecule has 9 nitrogen and oxygen atoms in total. The quantitative estimate of drug-likeness (QED) is 0.475. The third-order valence-electron chi connectivity index (χ3n) is 4.10. The molecule has 2 rings (SSSR count). The fourth-order valence-corrected chi connectivity index (χ4v) is 3.03. The van der Waals surface area contributed by atoms with Gasteiger partial charge in [0.25, 0.3) is 0 Å². The molecule has 1 aliphatic rings. The minimum absolute atomic E-state index is 0.147. The first kappa shape index (κ1) is 18.8. The van der Waals surface area contributed by atoms with Crippen LogP contribution in [0.25, 0.3) is 0 Å². The van der Waals surface area contributed by atoms with Crippen molar-refractivity contribution >= 4 is 5.82 Å². The lowest BCUT2D eigenvalue weighted by molar-refractivity contribution is -0.0550. The second-order valence-electron chi connectivity index (χ2n) is 6.64. The molecule has 1 aromatic rings. The highest BCUT2D eigenvalue weighted by Crippen LogP contribution is 2.28. The van der Waals surface area contributed by atoms with E-state index in [-0.39, 0.29) is 11.7 Å². The summed E-state index contributed by atoms with van der Waals surface area (Å²) in [6, 6.07) is 0. The van der Waals surface area contributed by atoms with E-state index in [9.17, 15) is 15.0 Å². The molecular weight excluding hydrogens is 316 g/mol. The molecule has 0 bridgehead atoms. The summed E-state index contributed by atoms with van der Waals surface area (Å²) in [5, 5.41) is 29.1. The predicted molar refractivity (Wildman–Crippen MR) is 87.3 cm³/mol. The van der Waals surface area contributed by atoms with E-state index in [1.54, 1.807) is 0 Å². The molecule has 2 heterocycles. The number of rotatable bonds is 6. The number of nitrogen functional groups attached to an aromatic ring is 1. The van der Waals surface area contributed by atoms with E-state index < -0.39 is 36.8 Å². The SMILES string of the molecule is CC(Cc1cn([C@@H]2O[C@H](CO)[C@@H](O)[C@@H]2O)c(=O)nc1N)CN(C)C. The van der Waals surface area contributed by atoms with E-state index in [2.05, 4.69) is 16.8 Å². The van der Waals surface area contributed by atoms with Crippen molar-refractivity contribution in [1.29, 1.82) is 0 Å². The Bertz CT molecular complexity index is 620. The van der Waals surface area contributed by atoms with Crippen LogP contribution < -0.4 is 11.4 Å². The maximum absolute atomic E-state index is 12.1. The van der Waals surface area contributed by atoms with Crippen LogP contribution in [0.2, 0.25) is 0 Å². The highest BCUT2D eigenvalue weighted by molar-refractivity contribution is 5.37. The van der Waals surface area contributed by atoms with Gasteiger partial charge in [0.1, 0.15) is 24.1 Å². The van der Waals surface area contributed by atoms with Crippen molar-refractivity contribution in [3.8, 4) is 0 Å². The summed E-state index contributed by atoms with van der Waals surface area (Å²) in [6.07, 6.45) is -2.56. The molecule has 9 heteroatoms. The lowest BCUT2D eigenvalue weighted by atomic mass is 10.0. The van der Waals surface area contributed by atoms with E-state index in [1.165, 1.54) is 6.20 Å². The number of nitrogens with zero attached hydrogens (tertiary/aromatic N) is 3. The molecule has 1 aliphatic heterocycles. The molecule has 5 N–H and O–H groups in total. The molecule has 0 aromatic carbocycles. The Hall–Kier alpha value is -1.52. The maximum Gasteiger partial charge on any atom is 0.351 e. The summed E-state index contributed by atoms with van der Waals surface area (Å²) >= 11 is 0. The zero-order valence-electron chi connectivity index (χ0n) is 14.2. The number of aliphatic hydroxyl groups is 3. The molecule has 0 radical (unpaired) electrons. The van der Waals surface area contributed by atoms with Crippen LogP contribution in [-0.2, 0) is 11.2 Å². The van der Waals surface area contributed by atoms with Gasteiger partial charge in [0.05, 0.1) is 6.61 Å². The van der Waals surface area contributed by atoms with Crippen LogP contribution >= 0.6 is 0 Å². The van der Waals surface area contributed by atoms with Crippen molar-refractivity contribution in [2.75, 3.05) is 33.0 Å². The standard InChI is InChI=1S/C15H26N4O5/c1-8(5-18(2)3)4-9-6-19(15(23)17-13(9)16)14-12(22)11(21)10(7-20)24-14/h6,8,10-12,14,20-22H,4-5,7H2,1-3H3,(H2,16,17,23)/t8?,10-,11-,12+,14-/m1/s1. The number of hydrogen-bond acceptors (Lipinski definition) is 8. The number of aliphatic hydroxyl groups excluding tert-OH is 3. The molecule has 0 aliphatic carbocycles. The van der Waals surface area contributed by atoms with Crippen molar-refractivity contribution < 1.29 is 20.1 Å². The van der Waals surface area contributed by atoms with Crippen LogP contribution in [0.3, 0.4) is 0 Å². The Balaban J connectivity index is 2.28. The molecule has 1 saturated heterocycles. The Kier molecular flexibility index (Phi) is 5.94. The van der Waals surface area contributed by atoms with Crippen LogP contribution in [0.5, 0.6) is 0 Å². The van der Waals surface area contributed by atoms with Gasteiger partial charge in [-0.3, -0.25) is 4.57 Å². The molecule has 1 aromatic heterocycles. The van der Waals surface area contributed by atoms with Crippen molar-refractivity contribution in [3.05, 3.63) is 22.2 Å². The first-order valence-corrected chi connectivity index (χ1v) is 7.89. The van der Waals surface area contributed by atoms with Crippen molar-refractivity contribution in [1.82, 2.24) is 14.5 Å². The Morgan fingerprint density at radius 2 is 2.08 bits per heavy atom. The normalized spacial score (nSPS) is 28.5. The van der Waals surface area contributed by atoms with Crippen molar-refractivity contribution in [2.24, 2.45) is 5.92 Å². The van der Waals surface area contributed by atoms with Gasteiger partial charge in [0, 0.05) is 18.3 Å². The van der Waals surface area contributed by atoms with Crippen molar-refractivity contribution in [2.45, 2.75) is 37.9 Å². The number of aromatic nitrogens is 2. The number of nitrogens with two attached hydrogens (primary N) is 1. The molecular formula is C15H26N4O5. The first-order chi connectivity index (χ1) is 11.2. The zero-order chi connectivity index (χ0) is 18.0. The molecule has 0 spiro atoms. The van der Waals surface area contributed by atoms with Crippen LogP contribution in [0.1, 0.15) is 18.7 Å². The molecule has 136 valence electrons. The highest BCUT2D eigenvalue weighted by atomic mass is 16.6. The van der Waals surface area contributed by atoms with Crippen LogP contribution in [0.4, 0.5) is 5.82 Å². The van der Waals surface area contributed by atoms with Gasteiger partial charge in [0.15, 0.2) is 6.23 Å². The summed E-state index contributed by atoms with van der Waals surface area (Å²) in [5.41, 5.74) is 5.85. The number of ether oxygens (including phenoxy) is 1. The van der Waals surface area contributed by atoms with E-state index in [0.29, 0.717) is 12.0 Å². The summed E-state index contributed by atoms with van der Waals surface area (Å²) in [4.78, 5) is 18.0. The summed E-state index contributed by atoms with van der Waals surface area (Å²) < 4.78 is 6.51. The summed E-state index contributed by atoms with van der Waals surface area (Å²) in [5.74, 6) is 0.425. The smallest absolute Gasteiger partial charge is 0.351 e. The molecule has 0 saturated carbocycles.